The third-order valence-corrected chi connectivity index (χ3v) is 4.04. The van der Waals surface area contributed by atoms with Crippen LogP contribution < -0.4 is 5.32 Å². The van der Waals surface area contributed by atoms with E-state index >= 15 is 0 Å². The number of hydrogen-bond acceptors (Lipinski definition) is 4. The van der Waals surface area contributed by atoms with Gasteiger partial charge in [0.15, 0.2) is 0 Å². The summed E-state index contributed by atoms with van der Waals surface area (Å²) in [7, 11) is 0. The average molecular weight is 337 g/mol. The Morgan fingerprint density at radius 3 is 2.68 bits per heavy atom. The first-order valence-electron chi connectivity index (χ1n) is 6.97. The summed E-state index contributed by atoms with van der Waals surface area (Å²) in [5.41, 5.74) is 1.00. The van der Waals surface area contributed by atoms with Crippen LogP contribution in [-0.2, 0) is 0 Å². The fraction of sp³-hybridized carbons (Fsp3) is 0.267. The molecule has 1 aromatic heterocycles. The number of halogens is 2. The number of hydrogen-bond donors (Lipinski definition) is 1. The molecule has 5 nitrogen and oxygen atoms in total. The maximum Gasteiger partial charge on any atom is 0.272 e. The van der Waals surface area contributed by atoms with Crippen LogP contribution in [0.1, 0.15) is 23.3 Å². The smallest absolute Gasteiger partial charge is 0.272 e. The predicted octanol–water partition coefficient (Wildman–Crippen LogP) is 3.76. The minimum absolute atomic E-state index is 0.0693. The van der Waals surface area contributed by atoms with Crippen molar-refractivity contribution in [2.24, 2.45) is 0 Å². The lowest BCUT2D eigenvalue weighted by Crippen LogP contribution is -2.28. The number of nitrogens with zero attached hydrogens (tertiary/aromatic N) is 3. The summed E-state index contributed by atoms with van der Waals surface area (Å²) >= 11 is 12.1. The van der Waals surface area contributed by atoms with Crippen LogP contribution in [0.2, 0.25) is 10.0 Å². The summed E-state index contributed by atoms with van der Waals surface area (Å²) in [6.07, 6.45) is 3.45. The van der Waals surface area contributed by atoms with Gasteiger partial charge in [-0.05, 0) is 31.0 Å². The molecule has 7 heteroatoms. The Balaban J connectivity index is 1.81. The molecule has 0 radical (unpaired) electrons. The molecule has 3 rings (SSSR count). The Kier molecular flexibility index (Phi) is 4.45. The van der Waals surface area contributed by atoms with E-state index < -0.39 is 0 Å². The molecule has 1 aliphatic rings. The van der Waals surface area contributed by atoms with E-state index in [4.69, 9.17) is 23.2 Å². The number of rotatable bonds is 3. The van der Waals surface area contributed by atoms with Crippen molar-refractivity contribution >= 4 is 40.6 Å². The Morgan fingerprint density at radius 1 is 1.14 bits per heavy atom. The zero-order valence-electron chi connectivity index (χ0n) is 11.7. The summed E-state index contributed by atoms with van der Waals surface area (Å²) in [6.45, 7) is 1.57. The maximum absolute atomic E-state index is 12.3. The van der Waals surface area contributed by atoms with Gasteiger partial charge >= 0.3 is 0 Å². The Hall–Kier alpha value is -1.85. The average Bonchev–Trinajstić information content (AvgIpc) is 3.05. The second-order valence-corrected chi connectivity index (χ2v) is 5.88. The molecule has 2 aromatic rings. The van der Waals surface area contributed by atoms with Crippen molar-refractivity contribution in [1.82, 2.24) is 14.9 Å². The van der Waals surface area contributed by atoms with Crippen LogP contribution in [0.15, 0.2) is 30.6 Å². The molecule has 1 aliphatic heterocycles. The first kappa shape index (κ1) is 15.1. The van der Waals surface area contributed by atoms with Gasteiger partial charge in [-0.25, -0.2) is 9.97 Å². The Bertz CT molecular complexity index is 702. The molecule has 114 valence electrons. The topological polar surface area (TPSA) is 58.1 Å². The third kappa shape index (κ3) is 3.31. The summed E-state index contributed by atoms with van der Waals surface area (Å²) in [5.74, 6) is 0.432. The number of benzene rings is 1. The number of carbonyl (C=O) groups is 1. The van der Waals surface area contributed by atoms with Crippen molar-refractivity contribution in [3.63, 3.8) is 0 Å². The van der Waals surface area contributed by atoms with E-state index in [1.165, 1.54) is 6.33 Å². The lowest BCUT2D eigenvalue weighted by molar-refractivity contribution is 0.0787. The summed E-state index contributed by atoms with van der Waals surface area (Å²) in [5, 5.41) is 4.15. The molecule has 1 N–H and O–H groups in total. The second-order valence-electron chi connectivity index (χ2n) is 5.04. The molecule has 0 unspecified atom stereocenters. The number of amides is 1. The Morgan fingerprint density at radius 2 is 1.91 bits per heavy atom. The first-order chi connectivity index (χ1) is 10.6. The maximum atomic E-state index is 12.3. The molecule has 22 heavy (non-hydrogen) atoms. The van der Waals surface area contributed by atoms with E-state index in [2.05, 4.69) is 15.3 Å². The van der Waals surface area contributed by atoms with E-state index in [-0.39, 0.29) is 5.91 Å². The third-order valence-electron chi connectivity index (χ3n) is 3.47. The van der Waals surface area contributed by atoms with Gasteiger partial charge in [0.1, 0.15) is 17.8 Å². The van der Waals surface area contributed by atoms with Gasteiger partial charge in [-0.2, -0.15) is 0 Å². The zero-order valence-corrected chi connectivity index (χ0v) is 13.2. The van der Waals surface area contributed by atoms with Crippen molar-refractivity contribution < 1.29 is 4.79 Å². The van der Waals surface area contributed by atoms with Crippen LogP contribution in [0.5, 0.6) is 0 Å². The second kappa shape index (κ2) is 6.50. The SMILES string of the molecule is O=C(c1cc(Nc2cc(Cl)ccc2Cl)ncn1)N1CCCC1. The number of aromatic nitrogens is 2. The van der Waals surface area contributed by atoms with Gasteiger partial charge in [-0.1, -0.05) is 23.2 Å². The largest absolute Gasteiger partial charge is 0.339 e. The highest BCUT2D eigenvalue weighted by Gasteiger charge is 2.21. The van der Waals surface area contributed by atoms with E-state index in [9.17, 15) is 4.79 Å². The molecule has 1 amide bonds. The van der Waals surface area contributed by atoms with E-state index in [1.807, 2.05) is 0 Å². The van der Waals surface area contributed by atoms with Gasteiger partial charge in [0, 0.05) is 24.2 Å². The van der Waals surface area contributed by atoms with Crippen molar-refractivity contribution in [1.29, 1.82) is 0 Å². The van der Waals surface area contributed by atoms with Crippen molar-refractivity contribution in [3.8, 4) is 0 Å². The van der Waals surface area contributed by atoms with Crippen molar-refractivity contribution in [3.05, 3.63) is 46.3 Å². The Labute approximate surface area is 138 Å². The number of anilines is 2. The molecule has 0 spiro atoms. The van der Waals surface area contributed by atoms with Gasteiger partial charge in [0.25, 0.3) is 5.91 Å². The normalized spacial score (nSPS) is 14.2. The van der Waals surface area contributed by atoms with Crippen LogP contribution in [0.25, 0.3) is 0 Å². The van der Waals surface area contributed by atoms with Gasteiger partial charge in [-0.3, -0.25) is 4.79 Å². The molecule has 0 bridgehead atoms. The molecule has 0 aliphatic carbocycles. The molecule has 2 heterocycles. The molecular weight excluding hydrogens is 323 g/mol. The summed E-state index contributed by atoms with van der Waals surface area (Å²) in [4.78, 5) is 22.3. The monoisotopic (exact) mass is 336 g/mol. The minimum Gasteiger partial charge on any atom is -0.339 e. The lowest BCUT2D eigenvalue weighted by Gasteiger charge is -2.15. The highest BCUT2D eigenvalue weighted by Crippen LogP contribution is 2.28. The number of carbonyl (C=O) groups excluding carboxylic acids is 1. The minimum atomic E-state index is -0.0693. The van der Waals surface area contributed by atoms with E-state index in [0.29, 0.717) is 27.2 Å². The lowest BCUT2D eigenvalue weighted by atomic mass is 10.3. The molecule has 1 aromatic carbocycles. The highest BCUT2D eigenvalue weighted by molar-refractivity contribution is 6.35. The van der Waals surface area contributed by atoms with Gasteiger partial charge < -0.3 is 10.2 Å². The van der Waals surface area contributed by atoms with Crippen molar-refractivity contribution in [2.75, 3.05) is 18.4 Å². The fourth-order valence-corrected chi connectivity index (χ4v) is 2.69. The van der Waals surface area contributed by atoms with Crippen LogP contribution in [-0.4, -0.2) is 33.9 Å². The summed E-state index contributed by atoms with van der Waals surface area (Å²) < 4.78 is 0. The fourth-order valence-electron chi connectivity index (χ4n) is 2.36. The van der Waals surface area contributed by atoms with Crippen LogP contribution in [0.4, 0.5) is 11.5 Å². The van der Waals surface area contributed by atoms with Crippen LogP contribution in [0, 0.1) is 0 Å². The van der Waals surface area contributed by atoms with Gasteiger partial charge in [0.05, 0.1) is 10.7 Å². The zero-order chi connectivity index (χ0) is 15.5. The number of likely N-dealkylation sites (tertiary alicyclic amines) is 1. The van der Waals surface area contributed by atoms with Crippen LogP contribution >= 0.6 is 23.2 Å². The van der Waals surface area contributed by atoms with Gasteiger partial charge in [0.2, 0.25) is 0 Å². The standard InChI is InChI=1S/C15H14Cl2N4O/c16-10-3-4-11(17)12(7-10)20-14-8-13(18-9-19-14)15(22)21-5-1-2-6-21/h3-4,7-9H,1-2,5-6H2,(H,18,19,20). The van der Waals surface area contributed by atoms with Gasteiger partial charge in [-0.15, -0.1) is 0 Å². The van der Waals surface area contributed by atoms with E-state index in [1.54, 1.807) is 29.2 Å². The summed E-state index contributed by atoms with van der Waals surface area (Å²) in [6, 6.07) is 6.73. The van der Waals surface area contributed by atoms with E-state index in [0.717, 1.165) is 25.9 Å². The molecular formula is C15H14Cl2N4O. The highest BCUT2D eigenvalue weighted by atomic mass is 35.5. The molecule has 0 saturated carbocycles. The predicted molar refractivity (Wildman–Crippen MR) is 86.9 cm³/mol. The quantitative estimate of drug-likeness (QED) is 0.926. The molecule has 1 fully saturated rings. The van der Waals surface area contributed by atoms with Crippen LogP contribution in [0.3, 0.4) is 0 Å². The molecule has 0 atom stereocenters. The molecule has 1 saturated heterocycles. The number of nitrogens with one attached hydrogen (secondary N) is 1. The first-order valence-corrected chi connectivity index (χ1v) is 7.72. The van der Waals surface area contributed by atoms with Crippen molar-refractivity contribution in [2.45, 2.75) is 12.8 Å².